The van der Waals surface area contributed by atoms with Gasteiger partial charge in [-0.2, -0.15) is 5.10 Å². The highest BCUT2D eigenvalue weighted by Gasteiger charge is 2.12. The fourth-order valence-corrected chi connectivity index (χ4v) is 2.63. The second kappa shape index (κ2) is 4.55. The van der Waals surface area contributed by atoms with Crippen LogP contribution in [0, 0.1) is 0 Å². The molecule has 0 aliphatic heterocycles. The summed E-state index contributed by atoms with van der Waals surface area (Å²) in [6.45, 7) is 5.11. The van der Waals surface area contributed by atoms with Gasteiger partial charge in [0, 0.05) is 18.0 Å². The van der Waals surface area contributed by atoms with Crippen LogP contribution in [0.1, 0.15) is 25.5 Å². The van der Waals surface area contributed by atoms with Crippen LogP contribution in [-0.4, -0.2) is 16.8 Å². The van der Waals surface area contributed by atoms with E-state index in [-0.39, 0.29) is 0 Å². The molecular formula is C12H16BrN3. The van der Waals surface area contributed by atoms with Crippen LogP contribution in [0.2, 0.25) is 0 Å². The lowest BCUT2D eigenvalue weighted by atomic mass is 10.1. The van der Waals surface area contributed by atoms with E-state index in [0.29, 0.717) is 6.04 Å². The standard InChI is InChI=1S/C12H16BrN3/c1-8(2)16-12(13)10-6-4-5-9(7-14-3)11(10)15-16/h4-6,8,14H,7H2,1-3H3. The van der Waals surface area contributed by atoms with Gasteiger partial charge in [0.05, 0.1) is 5.52 Å². The first-order chi connectivity index (χ1) is 7.65. The molecule has 0 spiro atoms. The van der Waals surface area contributed by atoms with Crippen molar-refractivity contribution < 1.29 is 0 Å². The molecule has 0 aliphatic rings. The number of hydrogen-bond acceptors (Lipinski definition) is 2. The first-order valence-corrected chi connectivity index (χ1v) is 6.24. The summed E-state index contributed by atoms with van der Waals surface area (Å²) in [5.41, 5.74) is 2.32. The minimum absolute atomic E-state index is 0.365. The molecule has 0 atom stereocenters. The lowest BCUT2D eigenvalue weighted by Crippen LogP contribution is -2.06. The molecule has 3 nitrogen and oxygen atoms in total. The number of aromatic nitrogens is 2. The minimum atomic E-state index is 0.365. The van der Waals surface area contributed by atoms with Crippen LogP contribution in [0.15, 0.2) is 22.8 Å². The van der Waals surface area contributed by atoms with E-state index >= 15 is 0 Å². The smallest absolute Gasteiger partial charge is 0.112 e. The van der Waals surface area contributed by atoms with Gasteiger partial charge >= 0.3 is 0 Å². The van der Waals surface area contributed by atoms with Crippen molar-refractivity contribution in [3.63, 3.8) is 0 Å². The Balaban J connectivity index is 2.65. The molecule has 16 heavy (non-hydrogen) atoms. The summed E-state index contributed by atoms with van der Waals surface area (Å²) in [6, 6.07) is 6.66. The molecule has 1 aromatic carbocycles. The third kappa shape index (κ3) is 1.87. The quantitative estimate of drug-likeness (QED) is 0.937. The maximum absolute atomic E-state index is 4.66. The molecule has 0 saturated carbocycles. The Morgan fingerprint density at radius 2 is 2.19 bits per heavy atom. The van der Waals surface area contributed by atoms with Crippen molar-refractivity contribution in [2.45, 2.75) is 26.4 Å². The van der Waals surface area contributed by atoms with Crippen molar-refractivity contribution in [2.24, 2.45) is 0 Å². The van der Waals surface area contributed by atoms with E-state index < -0.39 is 0 Å². The summed E-state index contributed by atoms with van der Waals surface area (Å²) in [7, 11) is 1.95. The predicted octanol–water partition coefficient (Wildman–Crippen LogP) is 3.10. The second-order valence-electron chi connectivity index (χ2n) is 4.17. The molecule has 4 heteroatoms. The van der Waals surface area contributed by atoms with Crippen LogP contribution in [0.4, 0.5) is 0 Å². The SMILES string of the molecule is CNCc1cccc2c(Br)n(C(C)C)nc12. The van der Waals surface area contributed by atoms with E-state index in [4.69, 9.17) is 0 Å². The molecule has 0 bridgehead atoms. The molecule has 0 aliphatic carbocycles. The number of benzene rings is 1. The number of nitrogens with zero attached hydrogens (tertiary/aromatic N) is 2. The molecule has 86 valence electrons. The van der Waals surface area contributed by atoms with Gasteiger partial charge in [-0.1, -0.05) is 18.2 Å². The van der Waals surface area contributed by atoms with E-state index in [2.05, 4.69) is 58.4 Å². The summed E-state index contributed by atoms with van der Waals surface area (Å²) in [5, 5.41) is 9.01. The molecule has 1 heterocycles. The van der Waals surface area contributed by atoms with Gasteiger partial charge in [0.2, 0.25) is 0 Å². The second-order valence-corrected chi connectivity index (χ2v) is 4.92. The lowest BCUT2D eigenvalue weighted by molar-refractivity contribution is 0.526. The molecular weight excluding hydrogens is 266 g/mol. The molecule has 1 aromatic heterocycles. The van der Waals surface area contributed by atoms with Crippen molar-refractivity contribution in [1.82, 2.24) is 15.1 Å². The normalized spacial score (nSPS) is 11.6. The van der Waals surface area contributed by atoms with Gasteiger partial charge in [0.25, 0.3) is 0 Å². The van der Waals surface area contributed by atoms with Crippen LogP contribution in [0.25, 0.3) is 10.9 Å². The van der Waals surface area contributed by atoms with Crippen LogP contribution >= 0.6 is 15.9 Å². The summed E-state index contributed by atoms with van der Waals surface area (Å²) >= 11 is 3.62. The zero-order valence-corrected chi connectivity index (χ0v) is 11.4. The van der Waals surface area contributed by atoms with Gasteiger partial charge in [-0.3, -0.25) is 4.68 Å². The third-order valence-corrected chi connectivity index (χ3v) is 3.40. The maximum Gasteiger partial charge on any atom is 0.112 e. The Labute approximate surface area is 104 Å². The molecule has 0 saturated heterocycles. The van der Waals surface area contributed by atoms with Crippen molar-refractivity contribution in [1.29, 1.82) is 0 Å². The number of rotatable bonds is 3. The minimum Gasteiger partial charge on any atom is -0.316 e. The zero-order chi connectivity index (χ0) is 11.7. The van der Waals surface area contributed by atoms with Gasteiger partial charge in [-0.05, 0) is 42.4 Å². The van der Waals surface area contributed by atoms with Gasteiger partial charge in [0.15, 0.2) is 0 Å². The van der Waals surface area contributed by atoms with Gasteiger partial charge in [-0.25, -0.2) is 0 Å². The van der Waals surface area contributed by atoms with Crippen LogP contribution < -0.4 is 5.32 Å². The van der Waals surface area contributed by atoms with Crippen LogP contribution in [0.3, 0.4) is 0 Å². The highest BCUT2D eigenvalue weighted by atomic mass is 79.9. The number of hydrogen-bond donors (Lipinski definition) is 1. The average molecular weight is 282 g/mol. The van der Waals surface area contributed by atoms with Gasteiger partial charge in [0.1, 0.15) is 4.60 Å². The summed E-state index contributed by atoms with van der Waals surface area (Å²) in [6.07, 6.45) is 0. The lowest BCUT2D eigenvalue weighted by Gasteiger charge is -2.05. The molecule has 2 rings (SSSR count). The van der Waals surface area contributed by atoms with Crippen molar-refractivity contribution in [2.75, 3.05) is 7.05 Å². The average Bonchev–Trinajstić information content (AvgIpc) is 2.58. The Morgan fingerprint density at radius 1 is 1.44 bits per heavy atom. The molecule has 2 aromatic rings. The largest absolute Gasteiger partial charge is 0.316 e. The molecule has 0 fully saturated rings. The number of halogens is 1. The van der Waals surface area contributed by atoms with E-state index in [9.17, 15) is 0 Å². The van der Waals surface area contributed by atoms with E-state index in [1.165, 1.54) is 10.9 Å². The van der Waals surface area contributed by atoms with Crippen LogP contribution in [0.5, 0.6) is 0 Å². The fraction of sp³-hybridized carbons (Fsp3) is 0.417. The Kier molecular flexibility index (Phi) is 3.30. The van der Waals surface area contributed by atoms with Crippen molar-refractivity contribution >= 4 is 26.8 Å². The fourth-order valence-electron chi connectivity index (χ4n) is 1.83. The van der Waals surface area contributed by atoms with E-state index in [1.807, 2.05) is 11.7 Å². The highest BCUT2D eigenvalue weighted by molar-refractivity contribution is 9.10. The Hall–Kier alpha value is -0.870. The Bertz CT molecular complexity index is 502. The number of fused-ring (bicyclic) bond motifs is 1. The monoisotopic (exact) mass is 281 g/mol. The van der Waals surface area contributed by atoms with E-state index in [0.717, 1.165) is 16.7 Å². The number of nitrogens with one attached hydrogen (secondary N) is 1. The summed E-state index contributed by atoms with van der Waals surface area (Å²) in [4.78, 5) is 0. The topological polar surface area (TPSA) is 29.9 Å². The zero-order valence-electron chi connectivity index (χ0n) is 9.79. The Morgan fingerprint density at radius 3 is 2.81 bits per heavy atom. The van der Waals surface area contributed by atoms with Crippen molar-refractivity contribution in [3.05, 3.63) is 28.4 Å². The van der Waals surface area contributed by atoms with Gasteiger partial charge in [-0.15, -0.1) is 0 Å². The predicted molar refractivity (Wildman–Crippen MR) is 70.6 cm³/mol. The highest BCUT2D eigenvalue weighted by Crippen LogP contribution is 2.28. The first kappa shape index (κ1) is 11.6. The van der Waals surface area contributed by atoms with Crippen molar-refractivity contribution in [3.8, 4) is 0 Å². The first-order valence-electron chi connectivity index (χ1n) is 5.45. The molecule has 0 amide bonds. The third-order valence-electron chi connectivity index (χ3n) is 2.61. The molecule has 0 radical (unpaired) electrons. The van der Waals surface area contributed by atoms with E-state index in [1.54, 1.807) is 0 Å². The molecule has 0 unspecified atom stereocenters. The maximum atomic E-state index is 4.66. The summed E-state index contributed by atoms with van der Waals surface area (Å²) in [5.74, 6) is 0. The summed E-state index contributed by atoms with van der Waals surface area (Å²) < 4.78 is 3.08. The van der Waals surface area contributed by atoms with Crippen LogP contribution in [-0.2, 0) is 6.54 Å². The molecule has 1 N–H and O–H groups in total. The van der Waals surface area contributed by atoms with Gasteiger partial charge < -0.3 is 5.32 Å².